The largest absolute Gasteiger partial charge is 0.493 e. The maximum absolute atomic E-state index is 13.5. The molecule has 13 heteroatoms. The fraction of sp³-hybridized carbons (Fsp3) is 0.500. The number of fused-ring (bicyclic) bond motifs is 1. The summed E-state index contributed by atoms with van der Waals surface area (Å²) in [6.07, 6.45) is -1.58. The third-order valence-electron chi connectivity index (χ3n) is 9.17. The Labute approximate surface area is 259 Å². The third-order valence-corrected chi connectivity index (χ3v) is 9.17. The molecule has 2 aromatic carbocycles. The second-order valence-electron chi connectivity index (χ2n) is 11.9. The summed E-state index contributed by atoms with van der Waals surface area (Å²) in [7, 11) is 0. The molecule has 2 atom stereocenters. The van der Waals surface area contributed by atoms with E-state index in [9.17, 15) is 32.3 Å². The van der Waals surface area contributed by atoms with Crippen LogP contribution in [-0.2, 0) is 27.1 Å². The molecule has 45 heavy (non-hydrogen) atoms. The zero-order valence-corrected chi connectivity index (χ0v) is 24.9. The van der Waals surface area contributed by atoms with Crippen molar-refractivity contribution >= 4 is 29.3 Å². The minimum absolute atomic E-state index is 0.0602. The average Bonchev–Trinajstić information content (AvgIpc) is 3.63. The first-order chi connectivity index (χ1) is 21.6. The smallest absolute Gasteiger partial charge is 0.416 e. The number of halogens is 3. The van der Waals surface area contributed by atoms with Crippen LogP contribution in [-0.4, -0.2) is 96.3 Å². The van der Waals surface area contributed by atoms with Crippen LogP contribution in [0, 0.1) is 0 Å². The van der Waals surface area contributed by atoms with Gasteiger partial charge in [0.15, 0.2) is 0 Å². The second-order valence-corrected chi connectivity index (χ2v) is 11.9. The summed E-state index contributed by atoms with van der Waals surface area (Å²) >= 11 is 0. The minimum Gasteiger partial charge on any atom is -0.493 e. The summed E-state index contributed by atoms with van der Waals surface area (Å²) in [5.41, 5.74) is 1.06. The summed E-state index contributed by atoms with van der Waals surface area (Å²) in [4.78, 5) is 57.8. The molecule has 0 aromatic heterocycles. The van der Waals surface area contributed by atoms with E-state index in [1.807, 2.05) is 9.80 Å². The SMILES string of the molecule is O=C1CCC(N2Cc3c(OCCCN4CCC[C@H]4C(=O)N4CCN(c5cccc(C(F)(F)F)c5)CC4)cccc3C2=O)C(=O)N1. The fourth-order valence-electron chi connectivity index (χ4n) is 6.79. The lowest BCUT2D eigenvalue weighted by molar-refractivity contribution is -0.138. The summed E-state index contributed by atoms with van der Waals surface area (Å²) in [5, 5.41) is 2.31. The van der Waals surface area contributed by atoms with Crippen molar-refractivity contribution in [1.29, 1.82) is 0 Å². The van der Waals surface area contributed by atoms with Crippen molar-refractivity contribution in [3.63, 3.8) is 0 Å². The Morgan fingerprint density at radius 3 is 2.51 bits per heavy atom. The summed E-state index contributed by atoms with van der Waals surface area (Å²) in [6, 6.07) is 9.66. The molecule has 0 bridgehead atoms. The van der Waals surface area contributed by atoms with Crippen molar-refractivity contribution in [2.45, 2.75) is 56.9 Å². The molecule has 0 spiro atoms. The van der Waals surface area contributed by atoms with Gasteiger partial charge in [-0.2, -0.15) is 13.2 Å². The topological polar surface area (TPSA) is 102 Å². The Hall–Kier alpha value is -4.13. The molecule has 4 heterocycles. The molecule has 0 aliphatic carbocycles. The van der Waals surface area contributed by atoms with Gasteiger partial charge in [-0.3, -0.25) is 29.4 Å². The van der Waals surface area contributed by atoms with E-state index in [1.54, 1.807) is 24.3 Å². The van der Waals surface area contributed by atoms with Crippen molar-refractivity contribution in [1.82, 2.24) is 20.0 Å². The lowest BCUT2D eigenvalue weighted by Crippen LogP contribution is -2.53. The van der Waals surface area contributed by atoms with E-state index in [0.717, 1.165) is 37.1 Å². The number of imide groups is 1. The Morgan fingerprint density at radius 2 is 1.76 bits per heavy atom. The van der Waals surface area contributed by atoms with Crippen LogP contribution in [0.25, 0.3) is 0 Å². The van der Waals surface area contributed by atoms with Crippen LogP contribution in [0.2, 0.25) is 0 Å². The molecule has 1 unspecified atom stereocenters. The zero-order chi connectivity index (χ0) is 31.7. The maximum atomic E-state index is 13.5. The molecule has 4 amide bonds. The highest BCUT2D eigenvalue weighted by Crippen LogP contribution is 2.34. The first-order valence-electron chi connectivity index (χ1n) is 15.4. The van der Waals surface area contributed by atoms with Gasteiger partial charge >= 0.3 is 6.18 Å². The number of nitrogens with zero attached hydrogens (tertiary/aromatic N) is 4. The predicted octanol–water partition coefficient (Wildman–Crippen LogP) is 3.05. The van der Waals surface area contributed by atoms with E-state index >= 15 is 0 Å². The molecule has 6 rings (SSSR count). The number of alkyl halides is 3. The number of hydrogen-bond acceptors (Lipinski definition) is 7. The minimum atomic E-state index is -4.40. The zero-order valence-electron chi connectivity index (χ0n) is 24.9. The van der Waals surface area contributed by atoms with Crippen LogP contribution in [0.3, 0.4) is 0 Å². The lowest BCUT2D eigenvalue weighted by Gasteiger charge is -2.38. The number of ether oxygens (including phenoxy) is 1. The molecular weight excluding hydrogens is 591 g/mol. The Morgan fingerprint density at radius 1 is 0.978 bits per heavy atom. The molecule has 2 aromatic rings. The summed E-state index contributed by atoms with van der Waals surface area (Å²) in [5.74, 6) is -0.391. The van der Waals surface area contributed by atoms with E-state index in [-0.39, 0.29) is 36.7 Å². The molecule has 0 saturated carbocycles. The van der Waals surface area contributed by atoms with Crippen LogP contribution >= 0.6 is 0 Å². The first-order valence-corrected chi connectivity index (χ1v) is 15.4. The molecule has 0 radical (unpaired) electrons. The number of rotatable bonds is 8. The molecule has 4 aliphatic heterocycles. The van der Waals surface area contributed by atoms with Crippen LogP contribution < -0.4 is 15.0 Å². The normalized spacial score (nSPS) is 22.6. The van der Waals surface area contributed by atoms with Crippen LogP contribution in [0.15, 0.2) is 42.5 Å². The Kier molecular flexibility index (Phi) is 8.71. The maximum Gasteiger partial charge on any atom is 0.416 e. The molecule has 1 N–H and O–H groups in total. The number of nitrogens with one attached hydrogen (secondary N) is 1. The second kappa shape index (κ2) is 12.7. The fourth-order valence-corrected chi connectivity index (χ4v) is 6.79. The number of carbonyl (C=O) groups is 4. The van der Waals surface area contributed by atoms with Gasteiger partial charge in [-0.1, -0.05) is 12.1 Å². The molecule has 10 nitrogen and oxygen atoms in total. The number of piperazine rings is 1. The number of amides is 4. The van der Waals surface area contributed by atoms with Gasteiger partial charge in [-0.15, -0.1) is 0 Å². The number of hydrogen-bond donors (Lipinski definition) is 1. The highest BCUT2D eigenvalue weighted by Gasteiger charge is 2.40. The van der Waals surface area contributed by atoms with Gasteiger partial charge < -0.3 is 19.4 Å². The summed E-state index contributed by atoms with van der Waals surface area (Å²) < 4.78 is 45.6. The van der Waals surface area contributed by atoms with Gasteiger partial charge in [0.25, 0.3) is 5.91 Å². The van der Waals surface area contributed by atoms with E-state index in [0.29, 0.717) is 69.2 Å². The monoisotopic (exact) mass is 627 g/mol. The highest BCUT2D eigenvalue weighted by atomic mass is 19.4. The van der Waals surface area contributed by atoms with Crippen LogP contribution in [0.5, 0.6) is 5.75 Å². The molecule has 240 valence electrons. The number of piperidine rings is 1. The van der Waals surface area contributed by atoms with Gasteiger partial charge in [0.1, 0.15) is 11.8 Å². The molecular formula is C32H36F3N5O5. The van der Waals surface area contributed by atoms with E-state index in [2.05, 4.69) is 10.2 Å². The lowest BCUT2D eigenvalue weighted by atomic mass is 10.0. The van der Waals surface area contributed by atoms with Crippen molar-refractivity contribution in [2.75, 3.05) is 50.8 Å². The van der Waals surface area contributed by atoms with Crippen LogP contribution in [0.1, 0.15) is 53.6 Å². The number of anilines is 1. The number of carbonyl (C=O) groups excluding carboxylic acids is 4. The quantitative estimate of drug-likeness (QED) is 0.355. The summed E-state index contributed by atoms with van der Waals surface area (Å²) in [6.45, 7) is 3.94. The molecule has 3 saturated heterocycles. The molecule has 4 aliphatic rings. The van der Waals surface area contributed by atoms with Crippen LogP contribution in [0.4, 0.5) is 18.9 Å². The third kappa shape index (κ3) is 6.49. The Balaban J connectivity index is 0.987. The van der Waals surface area contributed by atoms with Gasteiger partial charge in [0.05, 0.1) is 24.8 Å². The average molecular weight is 628 g/mol. The standard InChI is InChI=1S/C32H36F3N5O5/c33-32(34,35)21-5-1-6-22(19-21)37-14-16-39(17-15-37)31(44)26-8-3-12-38(26)13-4-18-45-27-9-2-7-23-24(27)20-40(30(23)43)25-10-11-28(41)36-29(25)42/h1-2,5-7,9,19,25-26H,3-4,8,10-18,20H2,(H,36,41,42)/t25?,26-/m0/s1. The number of likely N-dealkylation sites (tertiary alicyclic amines) is 1. The van der Waals surface area contributed by atoms with Crippen molar-refractivity contribution < 1.29 is 37.1 Å². The Bertz CT molecular complexity index is 1480. The van der Waals surface area contributed by atoms with Gasteiger partial charge in [-0.05, 0) is 62.6 Å². The predicted molar refractivity (Wildman–Crippen MR) is 157 cm³/mol. The van der Waals surface area contributed by atoms with Gasteiger partial charge in [0.2, 0.25) is 17.7 Å². The van der Waals surface area contributed by atoms with Crippen molar-refractivity contribution in [2.24, 2.45) is 0 Å². The van der Waals surface area contributed by atoms with Gasteiger partial charge in [0, 0.05) is 56.0 Å². The first kappa shape index (κ1) is 30.9. The molecule has 3 fully saturated rings. The van der Waals surface area contributed by atoms with Crippen molar-refractivity contribution in [3.8, 4) is 5.75 Å². The van der Waals surface area contributed by atoms with Gasteiger partial charge in [-0.25, -0.2) is 0 Å². The highest BCUT2D eigenvalue weighted by molar-refractivity contribution is 6.05. The van der Waals surface area contributed by atoms with E-state index in [1.165, 1.54) is 11.0 Å². The van der Waals surface area contributed by atoms with Crippen molar-refractivity contribution in [3.05, 3.63) is 59.2 Å². The van der Waals surface area contributed by atoms with E-state index in [4.69, 9.17) is 4.74 Å². The van der Waals surface area contributed by atoms with E-state index < -0.39 is 23.7 Å². The number of benzene rings is 2.